The van der Waals surface area contributed by atoms with Gasteiger partial charge in [0.25, 0.3) is 0 Å². The first-order valence-electron chi connectivity index (χ1n) is 5.14. The average molecular weight is 169 g/mol. The third-order valence-electron chi connectivity index (χ3n) is 3.70. The van der Waals surface area contributed by atoms with Crippen LogP contribution in [-0.2, 0) is 0 Å². The highest BCUT2D eigenvalue weighted by molar-refractivity contribution is 4.93. The molecule has 0 spiro atoms. The molecule has 2 rings (SSSR count). The van der Waals surface area contributed by atoms with Gasteiger partial charge in [-0.3, -0.25) is 0 Å². The quantitative estimate of drug-likeness (QED) is 0.660. The normalized spacial score (nSPS) is 42.0. The van der Waals surface area contributed by atoms with Crippen LogP contribution in [0, 0.1) is 17.8 Å². The molecule has 0 saturated heterocycles. The first kappa shape index (κ1) is 8.52. The molecule has 0 radical (unpaired) electrons. The fourth-order valence-electron chi connectivity index (χ4n) is 3.13. The van der Waals surface area contributed by atoms with E-state index in [1.807, 2.05) is 7.05 Å². The fraction of sp³-hybridized carbons (Fsp3) is 1.00. The van der Waals surface area contributed by atoms with Crippen molar-refractivity contribution in [3.05, 3.63) is 0 Å². The summed E-state index contributed by atoms with van der Waals surface area (Å²) >= 11 is 0. The number of hydrogen-bond acceptors (Lipinski definition) is 2. The van der Waals surface area contributed by atoms with Crippen LogP contribution in [0.1, 0.15) is 25.7 Å². The molecular weight excluding hydrogens is 150 g/mol. The molecule has 0 heterocycles. The van der Waals surface area contributed by atoms with Gasteiger partial charge in [-0.05, 0) is 44.1 Å². The van der Waals surface area contributed by atoms with Gasteiger partial charge in [-0.15, -0.1) is 0 Å². The van der Waals surface area contributed by atoms with Gasteiger partial charge in [0.1, 0.15) is 0 Å². The molecule has 2 saturated carbocycles. The summed E-state index contributed by atoms with van der Waals surface area (Å²) in [4.78, 5) is 0. The van der Waals surface area contributed by atoms with Crippen LogP contribution in [0.3, 0.4) is 0 Å². The zero-order valence-corrected chi connectivity index (χ0v) is 7.79. The van der Waals surface area contributed by atoms with E-state index in [1.54, 1.807) is 0 Å². The van der Waals surface area contributed by atoms with Crippen molar-refractivity contribution in [2.75, 3.05) is 13.6 Å². The van der Waals surface area contributed by atoms with Crippen molar-refractivity contribution in [3.63, 3.8) is 0 Å². The maximum atomic E-state index is 9.81. The van der Waals surface area contributed by atoms with E-state index in [4.69, 9.17) is 0 Å². The van der Waals surface area contributed by atoms with Crippen LogP contribution in [-0.4, -0.2) is 24.8 Å². The summed E-state index contributed by atoms with van der Waals surface area (Å²) < 4.78 is 0. The van der Waals surface area contributed by atoms with Crippen LogP contribution in [0.2, 0.25) is 0 Å². The third kappa shape index (κ3) is 1.38. The molecule has 2 nitrogen and oxygen atoms in total. The summed E-state index contributed by atoms with van der Waals surface area (Å²) in [5.74, 6) is 2.40. The minimum Gasteiger partial charge on any atom is -0.392 e. The molecule has 2 aliphatic carbocycles. The van der Waals surface area contributed by atoms with Gasteiger partial charge < -0.3 is 10.4 Å². The molecule has 0 aromatic rings. The molecule has 0 aliphatic heterocycles. The topological polar surface area (TPSA) is 32.3 Å². The van der Waals surface area contributed by atoms with Crippen LogP contribution in [0.5, 0.6) is 0 Å². The highest BCUT2D eigenvalue weighted by Crippen LogP contribution is 2.49. The zero-order valence-electron chi connectivity index (χ0n) is 7.79. The van der Waals surface area contributed by atoms with E-state index in [0.29, 0.717) is 5.92 Å². The molecule has 70 valence electrons. The van der Waals surface area contributed by atoms with E-state index in [1.165, 1.54) is 25.7 Å². The molecule has 2 fully saturated rings. The Labute approximate surface area is 74.4 Å². The lowest BCUT2D eigenvalue weighted by Gasteiger charge is -2.26. The smallest absolute Gasteiger partial charge is 0.0695 e. The molecule has 0 aromatic carbocycles. The standard InChI is InChI=1S/C10H19NO/c1-11-6-10(12)9-5-7-2-3-8(9)4-7/h7-12H,2-6H2,1H3. The lowest BCUT2D eigenvalue weighted by molar-refractivity contribution is 0.0760. The Hall–Kier alpha value is -0.0800. The van der Waals surface area contributed by atoms with Crippen LogP contribution in [0.15, 0.2) is 0 Å². The Morgan fingerprint density at radius 1 is 1.42 bits per heavy atom. The number of fused-ring (bicyclic) bond motifs is 2. The summed E-state index contributed by atoms with van der Waals surface area (Å²) in [6, 6.07) is 0. The number of likely N-dealkylation sites (N-methyl/N-ethyl adjacent to an activating group) is 1. The number of nitrogens with one attached hydrogen (secondary N) is 1. The number of hydrogen-bond donors (Lipinski definition) is 2. The molecule has 4 unspecified atom stereocenters. The van der Waals surface area contributed by atoms with E-state index >= 15 is 0 Å². The monoisotopic (exact) mass is 169 g/mol. The predicted octanol–water partition coefficient (Wildman–Crippen LogP) is 1.00. The number of aliphatic hydroxyl groups is 1. The third-order valence-corrected chi connectivity index (χ3v) is 3.70. The first-order chi connectivity index (χ1) is 5.81. The average Bonchev–Trinajstić information content (AvgIpc) is 2.64. The van der Waals surface area contributed by atoms with Gasteiger partial charge in [0.2, 0.25) is 0 Å². The van der Waals surface area contributed by atoms with Gasteiger partial charge in [0.15, 0.2) is 0 Å². The first-order valence-corrected chi connectivity index (χ1v) is 5.14. The summed E-state index contributed by atoms with van der Waals surface area (Å²) in [6.45, 7) is 0.772. The minimum absolute atomic E-state index is 0.0923. The van der Waals surface area contributed by atoms with Gasteiger partial charge in [-0.2, -0.15) is 0 Å². The van der Waals surface area contributed by atoms with E-state index in [2.05, 4.69) is 5.32 Å². The minimum atomic E-state index is -0.0923. The maximum Gasteiger partial charge on any atom is 0.0695 e. The molecule has 2 heteroatoms. The van der Waals surface area contributed by atoms with E-state index < -0.39 is 0 Å². The largest absolute Gasteiger partial charge is 0.392 e. The van der Waals surface area contributed by atoms with Crippen LogP contribution in [0.4, 0.5) is 0 Å². The van der Waals surface area contributed by atoms with E-state index in [-0.39, 0.29) is 6.10 Å². The van der Waals surface area contributed by atoms with Gasteiger partial charge >= 0.3 is 0 Å². The molecule has 2 aliphatic rings. The Morgan fingerprint density at radius 2 is 2.25 bits per heavy atom. The second kappa shape index (κ2) is 3.35. The highest BCUT2D eigenvalue weighted by Gasteiger charge is 2.42. The van der Waals surface area contributed by atoms with Crippen LogP contribution in [0.25, 0.3) is 0 Å². The molecule has 2 N–H and O–H groups in total. The van der Waals surface area contributed by atoms with Gasteiger partial charge in [0.05, 0.1) is 6.10 Å². The maximum absolute atomic E-state index is 9.81. The summed E-state index contributed by atoms with van der Waals surface area (Å²) in [5.41, 5.74) is 0. The lowest BCUT2D eigenvalue weighted by atomic mass is 9.85. The Bertz CT molecular complexity index is 160. The molecular formula is C10H19NO. The Morgan fingerprint density at radius 3 is 2.75 bits per heavy atom. The van der Waals surface area contributed by atoms with Gasteiger partial charge in [-0.1, -0.05) is 6.42 Å². The van der Waals surface area contributed by atoms with Crippen molar-refractivity contribution in [1.29, 1.82) is 0 Å². The van der Waals surface area contributed by atoms with Crippen molar-refractivity contribution in [3.8, 4) is 0 Å². The molecule has 4 atom stereocenters. The highest BCUT2D eigenvalue weighted by atomic mass is 16.3. The number of aliphatic hydroxyl groups excluding tert-OH is 1. The predicted molar refractivity (Wildman–Crippen MR) is 48.9 cm³/mol. The van der Waals surface area contributed by atoms with E-state index in [9.17, 15) is 5.11 Å². The fourth-order valence-corrected chi connectivity index (χ4v) is 3.13. The van der Waals surface area contributed by atoms with Crippen LogP contribution < -0.4 is 5.32 Å². The number of rotatable bonds is 3. The Kier molecular flexibility index (Phi) is 2.37. The van der Waals surface area contributed by atoms with Gasteiger partial charge in [0, 0.05) is 6.54 Å². The Balaban J connectivity index is 1.89. The zero-order chi connectivity index (χ0) is 8.55. The molecule has 12 heavy (non-hydrogen) atoms. The van der Waals surface area contributed by atoms with Crippen molar-refractivity contribution in [1.82, 2.24) is 5.32 Å². The second-order valence-corrected chi connectivity index (χ2v) is 4.46. The summed E-state index contributed by atoms with van der Waals surface area (Å²) in [5, 5.41) is 12.9. The van der Waals surface area contributed by atoms with Crippen molar-refractivity contribution >= 4 is 0 Å². The van der Waals surface area contributed by atoms with Crippen molar-refractivity contribution < 1.29 is 5.11 Å². The summed E-state index contributed by atoms with van der Waals surface area (Å²) in [7, 11) is 1.91. The molecule has 0 aromatic heterocycles. The lowest BCUT2D eigenvalue weighted by Crippen LogP contribution is -2.33. The summed E-state index contributed by atoms with van der Waals surface area (Å²) in [6.07, 6.45) is 5.38. The molecule has 0 amide bonds. The van der Waals surface area contributed by atoms with Crippen LogP contribution >= 0.6 is 0 Å². The SMILES string of the molecule is CNCC(O)C1CC2CCC1C2. The second-order valence-electron chi connectivity index (χ2n) is 4.46. The van der Waals surface area contributed by atoms with E-state index in [0.717, 1.165) is 18.4 Å². The van der Waals surface area contributed by atoms with Crippen molar-refractivity contribution in [2.45, 2.75) is 31.8 Å². The van der Waals surface area contributed by atoms with Crippen molar-refractivity contribution in [2.24, 2.45) is 17.8 Å². The molecule has 2 bridgehead atoms. The van der Waals surface area contributed by atoms with Gasteiger partial charge in [-0.25, -0.2) is 0 Å².